The minimum Gasteiger partial charge on any atom is -0.480 e. The van der Waals surface area contributed by atoms with Gasteiger partial charge in [0.25, 0.3) is 0 Å². The fourth-order valence-electron chi connectivity index (χ4n) is 2.87. The molecular weight excluding hydrogens is 528 g/mol. The van der Waals surface area contributed by atoms with E-state index < -0.39 is 26.8 Å². The number of aromatic nitrogens is 1. The number of halogens is 1. The molecule has 1 atom stereocenters. The Kier molecular flexibility index (Phi) is 8.17. The third-order valence-electron chi connectivity index (χ3n) is 4.72. The molecule has 0 spiro atoms. The van der Waals surface area contributed by atoms with Crippen LogP contribution in [0.15, 0.2) is 82.3 Å². The summed E-state index contributed by atoms with van der Waals surface area (Å²) in [6.07, 6.45) is 1.66. The summed E-state index contributed by atoms with van der Waals surface area (Å²) in [6, 6.07) is 17.1. The highest BCUT2D eigenvalue weighted by Gasteiger charge is 2.39. The highest BCUT2D eigenvalue weighted by molar-refractivity contribution is 9.10. The van der Waals surface area contributed by atoms with Crippen molar-refractivity contribution < 1.29 is 23.1 Å². The highest BCUT2D eigenvalue weighted by atomic mass is 79.9. The monoisotopic (exact) mass is 550 g/mol. The first kappa shape index (κ1) is 25.2. The summed E-state index contributed by atoms with van der Waals surface area (Å²) in [7, 11) is -4.09. The second-order valence-corrected chi connectivity index (χ2v) is 11.9. The number of carboxylic acid groups (broad SMARTS) is 1. The van der Waals surface area contributed by atoms with Crippen LogP contribution in [-0.2, 0) is 20.6 Å². The molecule has 3 rings (SSSR count). The largest absolute Gasteiger partial charge is 0.480 e. The molecule has 3 aromatic rings. The zero-order valence-electron chi connectivity index (χ0n) is 17.9. The van der Waals surface area contributed by atoms with Crippen LogP contribution in [0, 0.1) is 0 Å². The van der Waals surface area contributed by atoms with E-state index >= 15 is 0 Å². The minimum atomic E-state index is -4.09. The van der Waals surface area contributed by atoms with Crippen molar-refractivity contribution in [3.05, 3.63) is 83.1 Å². The Morgan fingerprint density at radius 2 is 1.70 bits per heavy atom. The summed E-state index contributed by atoms with van der Waals surface area (Å²) in [5.74, 6) is 0.246. The van der Waals surface area contributed by atoms with E-state index in [0.29, 0.717) is 17.3 Å². The number of hydrogen-bond acceptors (Lipinski definition) is 6. The molecule has 33 heavy (non-hydrogen) atoms. The number of nitrogens with one attached hydrogen (secondary N) is 1. The van der Waals surface area contributed by atoms with Crippen molar-refractivity contribution in [3.8, 4) is 11.5 Å². The number of ether oxygens (including phenoxy) is 1. The first-order valence-corrected chi connectivity index (χ1v) is 13.2. The van der Waals surface area contributed by atoms with Crippen LogP contribution in [0.25, 0.3) is 0 Å². The zero-order chi connectivity index (χ0) is 24.1. The van der Waals surface area contributed by atoms with E-state index in [-0.39, 0.29) is 4.90 Å². The van der Waals surface area contributed by atoms with E-state index in [1.54, 1.807) is 38.2 Å². The number of benzene rings is 2. The van der Waals surface area contributed by atoms with Crippen molar-refractivity contribution in [3.63, 3.8) is 0 Å². The quantitative estimate of drug-likeness (QED) is 0.362. The molecule has 2 aromatic carbocycles. The topological polar surface area (TPSA) is 106 Å². The van der Waals surface area contributed by atoms with Gasteiger partial charge in [0.05, 0.1) is 10.6 Å². The molecule has 1 aromatic heterocycles. The number of aliphatic carboxylic acids is 1. The Morgan fingerprint density at radius 3 is 2.24 bits per heavy atom. The summed E-state index contributed by atoms with van der Waals surface area (Å²) in [5, 5.41) is 9.76. The number of thioether (sulfide) groups is 1. The molecule has 0 fully saturated rings. The van der Waals surface area contributed by atoms with Gasteiger partial charge in [-0.3, -0.25) is 9.78 Å². The summed E-state index contributed by atoms with van der Waals surface area (Å²) < 4.78 is 33.9. The van der Waals surface area contributed by atoms with Gasteiger partial charge in [-0.05, 0) is 74.5 Å². The molecule has 0 unspecified atom stereocenters. The van der Waals surface area contributed by atoms with Crippen molar-refractivity contribution >= 4 is 43.7 Å². The Hall–Kier alpha value is -2.40. The summed E-state index contributed by atoms with van der Waals surface area (Å²) in [5.41, 5.74) is 0.781. The van der Waals surface area contributed by atoms with Crippen LogP contribution in [-0.4, -0.2) is 35.3 Å². The van der Waals surface area contributed by atoms with Gasteiger partial charge in [-0.2, -0.15) is 4.72 Å². The average Bonchev–Trinajstić information content (AvgIpc) is 2.79. The predicted molar refractivity (Wildman–Crippen MR) is 132 cm³/mol. The van der Waals surface area contributed by atoms with E-state index in [9.17, 15) is 18.3 Å². The number of sulfonamides is 1. The van der Waals surface area contributed by atoms with E-state index in [2.05, 4.69) is 25.6 Å². The van der Waals surface area contributed by atoms with Gasteiger partial charge in [-0.25, -0.2) is 8.42 Å². The van der Waals surface area contributed by atoms with Crippen LogP contribution in [0.1, 0.15) is 19.5 Å². The van der Waals surface area contributed by atoms with E-state index in [0.717, 1.165) is 10.2 Å². The second-order valence-electron chi connectivity index (χ2n) is 7.63. The summed E-state index contributed by atoms with van der Waals surface area (Å²) >= 11 is 4.67. The van der Waals surface area contributed by atoms with Crippen LogP contribution >= 0.6 is 27.7 Å². The third-order valence-corrected chi connectivity index (χ3v) is 8.10. The molecule has 0 aliphatic carbocycles. The van der Waals surface area contributed by atoms with Crippen molar-refractivity contribution in [2.45, 2.75) is 35.3 Å². The van der Waals surface area contributed by atoms with Crippen LogP contribution in [0.4, 0.5) is 0 Å². The number of nitrogens with zero attached hydrogens (tertiary/aromatic N) is 1. The summed E-state index contributed by atoms with van der Waals surface area (Å²) in [4.78, 5) is 16.1. The number of carboxylic acids is 1. The Labute approximate surface area is 205 Å². The maximum Gasteiger partial charge on any atom is 0.323 e. The van der Waals surface area contributed by atoms with Gasteiger partial charge >= 0.3 is 5.97 Å². The third kappa shape index (κ3) is 7.04. The lowest BCUT2D eigenvalue weighted by molar-refractivity contribution is -0.139. The van der Waals surface area contributed by atoms with Crippen LogP contribution in [0.2, 0.25) is 0 Å². The molecule has 0 radical (unpaired) electrons. The molecule has 0 amide bonds. The molecule has 1 heterocycles. The normalized spacial score (nSPS) is 12.8. The van der Waals surface area contributed by atoms with Crippen LogP contribution in [0.5, 0.6) is 11.5 Å². The Bertz CT molecular complexity index is 1190. The lowest BCUT2D eigenvalue weighted by Crippen LogP contribution is -2.52. The fraction of sp³-hybridized carbons (Fsp3) is 0.217. The molecule has 174 valence electrons. The van der Waals surface area contributed by atoms with E-state index in [1.165, 1.54) is 36.0 Å². The lowest BCUT2D eigenvalue weighted by atomic mass is 10.1. The number of pyridine rings is 1. The maximum absolute atomic E-state index is 12.9. The highest BCUT2D eigenvalue weighted by Crippen LogP contribution is 2.32. The second kappa shape index (κ2) is 10.7. The van der Waals surface area contributed by atoms with Gasteiger partial charge in [-0.1, -0.05) is 22.0 Å². The van der Waals surface area contributed by atoms with Gasteiger partial charge < -0.3 is 9.84 Å². The molecule has 0 bridgehead atoms. The van der Waals surface area contributed by atoms with Gasteiger partial charge in [0.2, 0.25) is 10.0 Å². The molecule has 7 nitrogen and oxygen atoms in total. The van der Waals surface area contributed by atoms with Crippen molar-refractivity contribution in [2.75, 3.05) is 0 Å². The number of carbonyl (C=O) groups is 1. The zero-order valence-corrected chi connectivity index (χ0v) is 21.2. The average molecular weight is 551 g/mol. The molecule has 0 saturated heterocycles. The Morgan fingerprint density at radius 1 is 1.09 bits per heavy atom. The number of rotatable bonds is 10. The molecule has 10 heteroatoms. The minimum absolute atomic E-state index is 0.0533. The molecule has 0 saturated carbocycles. The summed E-state index contributed by atoms with van der Waals surface area (Å²) in [6.45, 7) is 3.38. The molecule has 0 aliphatic heterocycles. The van der Waals surface area contributed by atoms with Gasteiger partial charge in [0.15, 0.2) is 0 Å². The van der Waals surface area contributed by atoms with Gasteiger partial charge in [-0.15, -0.1) is 11.8 Å². The predicted octanol–water partition coefficient (Wildman–Crippen LogP) is 5.08. The SMILES string of the molecule is CC(C)(SCc1ccccn1)[C@@H](NS(=O)(=O)c1ccc(Oc2ccc(Br)cc2)cc1)C(=O)O. The van der Waals surface area contributed by atoms with Gasteiger partial charge in [0, 0.05) is 21.2 Å². The first-order chi connectivity index (χ1) is 15.6. The van der Waals surface area contributed by atoms with E-state index in [1.807, 2.05) is 24.3 Å². The smallest absolute Gasteiger partial charge is 0.323 e. The Balaban J connectivity index is 1.71. The fourth-order valence-corrected chi connectivity index (χ4v) is 5.56. The maximum atomic E-state index is 12.9. The van der Waals surface area contributed by atoms with Crippen molar-refractivity contribution in [1.82, 2.24) is 9.71 Å². The molecular formula is C23H23BrN2O5S2. The molecule has 0 aliphatic rings. The van der Waals surface area contributed by atoms with Crippen molar-refractivity contribution in [1.29, 1.82) is 0 Å². The first-order valence-electron chi connectivity index (χ1n) is 9.89. The van der Waals surface area contributed by atoms with Crippen molar-refractivity contribution in [2.24, 2.45) is 0 Å². The molecule has 2 N–H and O–H groups in total. The standard InChI is InChI=1S/C23H23BrN2O5S2/c1-23(2,32-15-17-5-3-4-14-25-17)21(22(27)28)26-33(29,30)20-12-10-19(11-13-20)31-18-8-6-16(24)7-9-18/h3-14,21,26H,15H2,1-2H3,(H,27,28)/t21-/m0/s1. The van der Waals surface area contributed by atoms with E-state index in [4.69, 9.17) is 4.74 Å². The number of hydrogen-bond donors (Lipinski definition) is 2. The lowest BCUT2D eigenvalue weighted by Gasteiger charge is -2.31. The van der Waals surface area contributed by atoms with Gasteiger partial charge in [0.1, 0.15) is 17.5 Å². The van der Waals surface area contributed by atoms with Crippen LogP contribution < -0.4 is 9.46 Å². The van der Waals surface area contributed by atoms with Crippen LogP contribution in [0.3, 0.4) is 0 Å².